The Labute approximate surface area is 183 Å². The topological polar surface area (TPSA) is 67.8 Å². The van der Waals surface area contributed by atoms with Gasteiger partial charge in [-0.1, -0.05) is 129 Å². The fourth-order valence-electron chi connectivity index (χ4n) is 3.60. The Morgan fingerprint density at radius 2 is 0.793 bits per heavy atom. The Morgan fingerprint density at radius 1 is 0.517 bits per heavy atom. The van der Waals surface area contributed by atoms with Crippen LogP contribution in [0.15, 0.2) is 0 Å². The van der Waals surface area contributed by atoms with Crippen LogP contribution >= 0.6 is 0 Å². The summed E-state index contributed by atoms with van der Waals surface area (Å²) >= 11 is 0. The third kappa shape index (κ3) is 35.3. The predicted octanol–water partition coefficient (Wildman–Crippen LogP) is 6.59. The van der Waals surface area contributed by atoms with E-state index in [9.17, 15) is 9.90 Å². The van der Waals surface area contributed by atoms with E-state index in [1.807, 2.05) is 0 Å². The molecule has 3 nitrogen and oxygen atoms in total. The van der Waals surface area contributed by atoms with E-state index >= 15 is 0 Å². The fourth-order valence-corrected chi connectivity index (χ4v) is 3.60. The molecule has 3 heteroatoms. The molecule has 0 aliphatic rings. The number of unbranched alkanes of at least 4 members (excludes halogenated alkanes) is 19. The highest BCUT2D eigenvalue weighted by atomic mass is 16.4. The number of carboxylic acids is 1. The van der Waals surface area contributed by atoms with Crippen molar-refractivity contribution in [2.75, 3.05) is 6.54 Å². The Balaban J connectivity index is 0. The second-order valence-corrected chi connectivity index (χ2v) is 8.69. The van der Waals surface area contributed by atoms with Gasteiger partial charge in [-0.25, -0.2) is 0 Å². The minimum absolute atomic E-state index is 0.226. The molecule has 0 amide bonds. The molecule has 0 radical (unpaired) electrons. The van der Waals surface area contributed by atoms with Crippen LogP contribution in [-0.2, 0) is 4.79 Å². The molecule has 29 heavy (non-hydrogen) atoms. The van der Waals surface area contributed by atoms with Crippen molar-refractivity contribution >= 4 is 5.97 Å². The van der Waals surface area contributed by atoms with Crippen molar-refractivity contribution in [3.63, 3.8) is 0 Å². The van der Waals surface area contributed by atoms with Crippen LogP contribution in [0, 0.1) is 0 Å². The van der Waals surface area contributed by atoms with Gasteiger partial charge in [0.1, 0.15) is 0 Å². The first-order chi connectivity index (χ1) is 14.2. The Kier molecular flexibility index (Phi) is 31.3. The summed E-state index contributed by atoms with van der Waals surface area (Å²) in [5.41, 5.74) is 3.89. The number of carbonyl (C=O) groups excluding carboxylic acids is 1. The largest absolute Gasteiger partial charge is 0.550 e. The number of quaternary nitrogens is 1. The summed E-state index contributed by atoms with van der Waals surface area (Å²) < 4.78 is 0. The quantitative estimate of drug-likeness (QED) is 0.203. The van der Waals surface area contributed by atoms with Crippen LogP contribution in [0.4, 0.5) is 0 Å². The van der Waals surface area contributed by atoms with Crippen LogP contribution < -0.4 is 10.8 Å². The maximum absolute atomic E-state index is 9.92. The zero-order valence-electron chi connectivity index (χ0n) is 20.3. The first-order valence-electron chi connectivity index (χ1n) is 13.2. The van der Waals surface area contributed by atoms with E-state index in [1.165, 1.54) is 116 Å². The van der Waals surface area contributed by atoms with Crippen molar-refractivity contribution in [2.24, 2.45) is 0 Å². The van der Waals surface area contributed by atoms with E-state index in [2.05, 4.69) is 19.6 Å². The number of carboxylic acid groups (broad SMARTS) is 1. The zero-order chi connectivity index (χ0) is 21.8. The van der Waals surface area contributed by atoms with Crippen molar-refractivity contribution in [1.82, 2.24) is 0 Å². The van der Waals surface area contributed by atoms with E-state index in [1.54, 1.807) is 0 Å². The van der Waals surface area contributed by atoms with Gasteiger partial charge in [-0.05, 0) is 25.7 Å². The van der Waals surface area contributed by atoms with Crippen molar-refractivity contribution in [1.29, 1.82) is 0 Å². The summed E-state index contributed by atoms with van der Waals surface area (Å²) in [5, 5.41) is 9.92. The van der Waals surface area contributed by atoms with E-state index in [-0.39, 0.29) is 6.42 Å². The summed E-state index contributed by atoms with van der Waals surface area (Å²) in [7, 11) is 0. The molecule has 0 atom stereocenters. The van der Waals surface area contributed by atoms with E-state index in [0.717, 1.165) is 25.8 Å². The van der Waals surface area contributed by atoms with Gasteiger partial charge in [0.15, 0.2) is 0 Å². The SMILES string of the molecule is CCCCCCCC(=O)[O-].CCCCCCCCCCCCCCCCCC[NH3+]. The fraction of sp³-hybridized carbons (Fsp3) is 0.962. The van der Waals surface area contributed by atoms with E-state index in [0.29, 0.717) is 0 Å². The van der Waals surface area contributed by atoms with E-state index in [4.69, 9.17) is 0 Å². The minimum atomic E-state index is -0.920. The molecule has 0 saturated carbocycles. The number of aliphatic carboxylic acids is 1. The molecule has 0 unspecified atom stereocenters. The summed E-state index contributed by atoms with van der Waals surface area (Å²) in [6.07, 6.45) is 28.8. The normalized spacial score (nSPS) is 10.6. The second kappa shape index (κ2) is 29.6. The van der Waals surface area contributed by atoms with Gasteiger partial charge in [-0.3, -0.25) is 0 Å². The summed E-state index contributed by atoms with van der Waals surface area (Å²) in [6.45, 7) is 5.55. The Hall–Kier alpha value is -0.570. The Morgan fingerprint density at radius 3 is 1.07 bits per heavy atom. The monoisotopic (exact) mass is 413 g/mol. The van der Waals surface area contributed by atoms with Gasteiger partial charge < -0.3 is 15.6 Å². The van der Waals surface area contributed by atoms with Crippen LogP contribution in [0.5, 0.6) is 0 Å². The molecule has 0 bridgehead atoms. The predicted molar refractivity (Wildman–Crippen MR) is 126 cm³/mol. The van der Waals surface area contributed by atoms with Crippen molar-refractivity contribution in [2.45, 2.75) is 155 Å². The first kappa shape index (κ1) is 30.6. The van der Waals surface area contributed by atoms with Crippen LogP contribution in [0.1, 0.15) is 155 Å². The molecule has 0 aromatic carbocycles. The molecule has 0 rings (SSSR count). The maximum atomic E-state index is 9.92. The van der Waals surface area contributed by atoms with Crippen LogP contribution in [0.25, 0.3) is 0 Å². The highest BCUT2D eigenvalue weighted by Crippen LogP contribution is 2.13. The third-order valence-electron chi connectivity index (χ3n) is 5.59. The van der Waals surface area contributed by atoms with Crippen molar-refractivity contribution < 1.29 is 15.6 Å². The highest BCUT2D eigenvalue weighted by molar-refractivity contribution is 5.63. The lowest BCUT2D eigenvalue weighted by molar-refractivity contribution is -0.368. The molecule has 0 saturated heterocycles. The number of hydrogen-bond acceptors (Lipinski definition) is 2. The molecule has 0 fully saturated rings. The lowest BCUT2D eigenvalue weighted by Crippen LogP contribution is -2.50. The van der Waals surface area contributed by atoms with Gasteiger partial charge >= 0.3 is 0 Å². The number of carbonyl (C=O) groups is 1. The number of rotatable bonds is 22. The molecule has 0 aliphatic heterocycles. The first-order valence-corrected chi connectivity index (χ1v) is 13.2. The van der Waals surface area contributed by atoms with Gasteiger partial charge in [0, 0.05) is 5.97 Å². The smallest absolute Gasteiger partial charge is 0.0739 e. The van der Waals surface area contributed by atoms with Crippen LogP contribution in [0.3, 0.4) is 0 Å². The molecule has 3 N–H and O–H groups in total. The van der Waals surface area contributed by atoms with Gasteiger partial charge in [0.2, 0.25) is 0 Å². The standard InChI is InChI=1S/C18H39N.C8H16O2/c1-2-3-4-5-6-7-8-9-10-11-12-13-14-15-16-17-18-19;1-2-3-4-5-6-7-8(9)10/h2-19H2,1H3;2-7H2,1H3,(H,9,10). The van der Waals surface area contributed by atoms with Gasteiger partial charge in [0.25, 0.3) is 0 Å². The third-order valence-corrected chi connectivity index (χ3v) is 5.59. The summed E-state index contributed by atoms with van der Waals surface area (Å²) in [4.78, 5) is 9.92. The molecule has 176 valence electrons. The van der Waals surface area contributed by atoms with Gasteiger partial charge in [-0.2, -0.15) is 0 Å². The molecule has 0 spiro atoms. The minimum Gasteiger partial charge on any atom is -0.550 e. The molecular formula is C26H55NO2. The molecule has 0 aromatic rings. The second-order valence-electron chi connectivity index (χ2n) is 8.69. The van der Waals surface area contributed by atoms with Crippen LogP contribution in [-0.4, -0.2) is 12.5 Å². The molecule has 0 aliphatic carbocycles. The highest BCUT2D eigenvalue weighted by Gasteiger charge is 1.94. The van der Waals surface area contributed by atoms with Crippen molar-refractivity contribution in [3.05, 3.63) is 0 Å². The Bertz CT molecular complexity index is 278. The van der Waals surface area contributed by atoms with E-state index < -0.39 is 5.97 Å². The number of hydrogen-bond donors (Lipinski definition) is 1. The molecule has 0 heterocycles. The lowest BCUT2D eigenvalue weighted by Gasteiger charge is -2.03. The average Bonchev–Trinajstić information content (AvgIpc) is 2.71. The van der Waals surface area contributed by atoms with Crippen LogP contribution in [0.2, 0.25) is 0 Å². The summed E-state index contributed by atoms with van der Waals surface area (Å²) in [5.74, 6) is -0.920. The molecule has 0 aromatic heterocycles. The zero-order valence-corrected chi connectivity index (χ0v) is 20.3. The van der Waals surface area contributed by atoms with Crippen molar-refractivity contribution in [3.8, 4) is 0 Å². The average molecular weight is 414 g/mol. The molecular weight excluding hydrogens is 358 g/mol. The maximum Gasteiger partial charge on any atom is 0.0739 e. The van der Waals surface area contributed by atoms with Gasteiger partial charge in [0.05, 0.1) is 6.54 Å². The lowest BCUT2D eigenvalue weighted by atomic mass is 10.0. The van der Waals surface area contributed by atoms with Gasteiger partial charge in [-0.15, -0.1) is 0 Å². The summed E-state index contributed by atoms with van der Waals surface area (Å²) in [6, 6.07) is 0.